The Kier molecular flexibility index (Phi) is 6.95. The van der Waals surface area contributed by atoms with Gasteiger partial charge in [-0.3, -0.25) is 13.9 Å². The maximum atomic E-state index is 12.5. The fraction of sp³-hybridized carbons (Fsp3) is 0.706. The first-order valence-corrected chi connectivity index (χ1v) is 8.90. The van der Waals surface area contributed by atoms with Crippen LogP contribution in [0.2, 0.25) is 0 Å². The molecule has 2 aromatic rings. The van der Waals surface area contributed by atoms with E-state index in [9.17, 15) is 9.59 Å². The number of aryl methyl sites for hydroxylation is 2. The average Bonchev–Trinajstić information content (AvgIpc) is 2.95. The smallest absolute Gasteiger partial charge is 0.332 e. The summed E-state index contributed by atoms with van der Waals surface area (Å²) in [5, 5.41) is 17.5. The topological polar surface area (TPSA) is 102 Å². The minimum Gasteiger partial charge on any atom is -0.368 e. The average molecular weight is 352 g/mol. The Hall–Kier alpha value is -1.93. The number of aromatic nitrogens is 4. The zero-order valence-corrected chi connectivity index (χ0v) is 15.0. The highest BCUT2D eigenvalue weighted by Crippen LogP contribution is 2.10. The van der Waals surface area contributed by atoms with E-state index in [2.05, 4.69) is 4.98 Å². The van der Waals surface area contributed by atoms with Crippen LogP contribution in [0.5, 0.6) is 0 Å². The zero-order chi connectivity index (χ0) is 18.4. The SMILES string of the molecule is Cn1cnc2c1c(=O)n(CCCCCCCCCC(O)O)c(=O)n2C. The molecule has 0 fully saturated rings. The van der Waals surface area contributed by atoms with E-state index in [4.69, 9.17) is 10.2 Å². The van der Waals surface area contributed by atoms with Gasteiger partial charge in [0.1, 0.15) is 0 Å². The first-order chi connectivity index (χ1) is 11.9. The summed E-state index contributed by atoms with van der Waals surface area (Å²) in [4.78, 5) is 29.0. The minimum absolute atomic E-state index is 0.277. The van der Waals surface area contributed by atoms with Crippen LogP contribution in [-0.2, 0) is 20.6 Å². The number of fused-ring (bicyclic) bond motifs is 1. The summed E-state index contributed by atoms with van der Waals surface area (Å²) in [6.45, 7) is 0.420. The lowest BCUT2D eigenvalue weighted by Gasteiger charge is -2.08. The molecule has 0 atom stereocenters. The minimum atomic E-state index is -1.20. The first kappa shape index (κ1) is 19.4. The van der Waals surface area contributed by atoms with E-state index < -0.39 is 6.29 Å². The summed E-state index contributed by atoms with van der Waals surface area (Å²) in [7, 11) is 3.39. The third kappa shape index (κ3) is 4.79. The van der Waals surface area contributed by atoms with E-state index in [1.165, 1.54) is 9.13 Å². The Balaban J connectivity index is 1.83. The lowest BCUT2D eigenvalue weighted by atomic mass is 10.1. The molecule has 0 radical (unpaired) electrons. The van der Waals surface area contributed by atoms with Gasteiger partial charge in [0.25, 0.3) is 5.56 Å². The van der Waals surface area contributed by atoms with E-state index in [0.717, 1.165) is 44.9 Å². The van der Waals surface area contributed by atoms with Gasteiger partial charge in [0.2, 0.25) is 0 Å². The monoisotopic (exact) mass is 352 g/mol. The maximum absolute atomic E-state index is 12.5. The normalized spacial score (nSPS) is 11.7. The van der Waals surface area contributed by atoms with Crippen LogP contribution in [0.3, 0.4) is 0 Å². The molecule has 8 heteroatoms. The van der Waals surface area contributed by atoms with E-state index in [1.54, 1.807) is 25.0 Å². The largest absolute Gasteiger partial charge is 0.368 e. The third-order valence-electron chi connectivity index (χ3n) is 4.55. The fourth-order valence-corrected chi connectivity index (χ4v) is 3.07. The van der Waals surface area contributed by atoms with Crippen LogP contribution >= 0.6 is 0 Å². The summed E-state index contributed by atoms with van der Waals surface area (Å²) < 4.78 is 4.37. The van der Waals surface area contributed by atoms with E-state index >= 15 is 0 Å². The van der Waals surface area contributed by atoms with Gasteiger partial charge in [0.15, 0.2) is 17.5 Å². The predicted octanol–water partition coefficient (Wildman–Crippen LogP) is 0.865. The number of rotatable bonds is 10. The Morgan fingerprint density at radius 3 is 2.24 bits per heavy atom. The summed E-state index contributed by atoms with van der Waals surface area (Å²) in [5.74, 6) is 0. The van der Waals surface area contributed by atoms with Gasteiger partial charge in [-0.25, -0.2) is 9.78 Å². The molecule has 0 saturated heterocycles. The molecule has 8 nitrogen and oxygen atoms in total. The Morgan fingerprint density at radius 1 is 1.00 bits per heavy atom. The molecule has 0 amide bonds. The number of aliphatic hydroxyl groups is 2. The van der Waals surface area contributed by atoms with Gasteiger partial charge in [0, 0.05) is 20.6 Å². The Bertz CT molecular complexity index is 803. The van der Waals surface area contributed by atoms with E-state index in [0.29, 0.717) is 24.1 Å². The van der Waals surface area contributed by atoms with Crippen molar-refractivity contribution in [1.29, 1.82) is 0 Å². The van der Waals surface area contributed by atoms with Gasteiger partial charge in [-0.05, 0) is 19.3 Å². The lowest BCUT2D eigenvalue weighted by molar-refractivity contribution is -0.0466. The van der Waals surface area contributed by atoms with Crippen molar-refractivity contribution in [2.24, 2.45) is 14.1 Å². The van der Waals surface area contributed by atoms with E-state index in [1.807, 2.05) is 0 Å². The molecule has 0 aromatic carbocycles. The number of hydrogen-bond donors (Lipinski definition) is 2. The van der Waals surface area contributed by atoms with Crippen molar-refractivity contribution in [2.75, 3.05) is 0 Å². The number of imidazole rings is 1. The van der Waals surface area contributed by atoms with Crippen molar-refractivity contribution >= 4 is 11.2 Å². The third-order valence-corrected chi connectivity index (χ3v) is 4.55. The molecule has 0 aliphatic rings. The second kappa shape index (κ2) is 8.96. The van der Waals surface area contributed by atoms with Gasteiger partial charge in [0.05, 0.1) is 6.33 Å². The van der Waals surface area contributed by atoms with Crippen molar-refractivity contribution < 1.29 is 10.2 Å². The van der Waals surface area contributed by atoms with Gasteiger partial charge in [-0.2, -0.15) is 0 Å². The Morgan fingerprint density at radius 2 is 1.60 bits per heavy atom. The molecule has 25 heavy (non-hydrogen) atoms. The quantitative estimate of drug-likeness (QED) is 0.488. The molecular weight excluding hydrogens is 324 g/mol. The van der Waals surface area contributed by atoms with Crippen molar-refractivity contribution in [2.45, 2.75) is 64.2 Å². The standard InChI is InChI=1S/C17H28N4O4/c1-19-12-18-15-14(19)16(24)21(17(25)20(15)2)11-9-7-5-3-4-6-8-10-13(22)23/h12-13,22-23H,3-11H2,1-2H3. The number of hydrogen-bond acceptors (Lipinski definition) is 5. The Labute approximate surface area is 146 Å². The van der Waals surface area contributed by atoms with Crippen LogP contribution in [0, 0.1) is 0 Å². The molecule has 0 aliphatic heterocycles. The number of aliphatic hydroxyl groups excluding tert-OH is 1. The van der Waals surface area contributed by atoms with Gasteiger partial charge in [-0.1, -0.05) is 32.1 Å². The van der Waals surface area contributed by atoms with Crippen molar-refractivity contribution in [1.82, 2.24) is 18.7 Å². The van der Waals surface area contributed by atoms with Crippen LogP contribution < -0.4 is 11.2 Å². The van der Waals surface area contributed by atoms with Gasteiger partial charge in [-0.15, -0.1) is 0 Å². The van der Waals surface area contributed by atoms with Crippen molar-refractivity contribution in [3.63, 3.8) is 0 Å². The van der Waals surface area contributed by atoms with Crippen LogP contribution in [0.4, 0.5) is 0 Å². The molecule has 0 saturated carbocycles. The van der Waals surface area contributed by atoms with Crippen LogP contribution in [0.25, 0.3) is 11.2 Å². The molecule has 0 spiro atoms. The predicted molar refractivity (Wildman–Crippen MR) is 95.4 cm³/mol. The molecule has 2 N–H and O–H groups in total. The molecule has 2 rings (SSSR count). The summed E-state index contributed by atoms with van der Waals surface area (Å²) in [6.07, 6.45) is 7.54. The summed E-state index contributed by atoms with van der Waals surface area (Å²) in [5.41, 5.74) is 0.273. The zero-order valence-electron chi connectivity index (χ0n) is 15.0. The van der Waals surface area contributed by atoms with Crippen LogP contribution in [-0.4, -0.2) is 35.2 Å². The summed E-state index contributed by atoms with van der Waals surface area (Å²) in [6, 6.07) is 0. The van der Waals surface area contributed by atoms with Crippen LogP contribution in [0.1, 0.15) is 51.4 Å². The fourth-order valence-electron chi connectivity index (χ4n) is 3.07. The number of nitrogens with zero attached hydrogens (tertiary/aromatic N) is 4. The molecule has 0 unspecified atom stereocenters. The van der Waals surface area contributed by atoms with Crippen LogP contribution in [0.15, 0.2) is 15.9 Å². The van der Waals surface area contributed by atoms with E-state index in [-0.39, 0.29) is 11.2 Å². The van der Waals surface area contributed by atoms with Gasteiger partial charge >= 0.3 is 5.69 Å². The molecule has 140 valence electrons. The highest BCUT2D eigenvalue weighted by molar-refractivity contribution is 5.69. The highest BCUT2D eigenvalue weighted by Gasteiger charge is 2.14. The maximum Gasteiger partial charge on any atom is 0.332 e. The summed E-state index contributed by atoms with van der Waals surface area (Å²) >= 11 is 0. The first-order valence-electron chi connectivity index (χ1n) is 8.90. The van der Waals surface area contributed by atoms with Crippen molar-refractivity contribution in [3.05, 3.63) is 27.2 Å². The molecule has 2 heterocycles. The second-order valence-corrected chi connectivity index (χ2v) is 6.57. The molecule has 2 aromatic heterocycles. The lowest BCUT2D eigenvalue weighted by Crippen LogP contribution is -2.39. The molecular formula is C17H28N4O4. The van der Waals surface area contributed by atoms with Gasteiger partial charge < -0.3 is 14.8 Å². The number of unbranched alkanes of at least 4 members (excludes halogenated alkanes) is 6. The highest BCUT2D eigenvalue weighted by atomic mass is 16.5. The van der Waals surface area contributed by atoms with Crippen molar-refractivity contribution in [3.8, 4) is 0 Å². The molecule has 0 aliphatic carbocycles. The second-order valence-electron chi connectivity index (χ2n) is 6.57. The molecule has 0 bridgehead atoms.